The summed E-state index contributed by atoms with van der Waals surface area (Å²) in [7, 11) is 0. The normalized spacial score (nSPS) is 31.8. The van der Waals surface area contributed by atoms with Crippen LogP contribution in [-0.4, -0.2) is 11.0 Å². The van der Waals surface area contributed by atoms with Gasteiger partial charge in [0.2, 0.25) is 0 Å². The van der Waals surface area contributed by atoms with Crippen molar-refractivity contribution in [3.05, 3.63) is 16.6 Å². The molecule has 0 radical (unpaired) electrons. The minimum absolute atomic E-state index is 0.406. The molecule has 90 valence electrons. The second kappa shape index (κ2) is 5.28. The monoisotopic (exact) mass is 238 g/mol. The third-order valence-corrected chi connectivity index (χ3v) is 5.00. The predicted octanol–water partition coefficient (Wildman–Crippen LogP) is 3.62. The molecule has 1 aromatic heterocycles. The van der Waals surface area contributed by atoms with Gasteiger partial charge in [-0.1, -0.05) is 20.3 Å². The van der Waals surface area contributed by atoms with Crippen LogP contribution in [0.4, 0.5) is 0 Å². The predicted molar refractivity (Wildman–Crippen MR) is 69.6 cm³/mol. The number of aromatic nitrogens is 1. The van der Waals surface area contributed by atoms with E-state index in [0.717, 1.165) is 11.8 Å². The van der Waals surface area contributed by atoms with E-state index in [1.807, 2.05) is 6.20 Å². The molecule has 0 bridgehead atoms. The van der Waals surface area contributed by atoms with Gasteiger partial charge in [0.25, 0.3) is 0 Å². The van der Waals surface area contributed by atoms with Gasteiger partial charge in [0.05, 0.1) is 6.04 Å². The molecule has 4 unspecified atom stereocenters. The van der Waals surface area contributed by atoms with Crippen LogP contribution in [0.5, 0.6) is 0 Å². The fraction of sp³-hybridized carbons (Fsp3) is 0.769. The van der Waals surface area contributed by atoms with Crippen LogP contribution in [0.1, 0.15) is 51.1 Å². The molecule has 1 saturated carbocycles. The van der Waals surface area contributed by atoms with Crippen LogP contribution >= 0.6 is 11.3 Å². The molecule has 1 aliphatic rings. The van der Waals surface area contributed by atoms with Gasteiger partial charge in [-0.15, -0.1) is 11.3 Å². The van der Waals surface area contributed by atoms with Crippen LogP contribution in [-0.2, 0) is 0 Å². The summed E-state index contributed by atoms with van der Waals surface area (Å²) in [5, 5.41) is 7.01. The standard InChI is InChI=1S/C13H22N2S/c1-4-11-5-6-12(9(11)2)15-10(3)13-14-7-8-16-13/h7-12,15H,4-6H2,1-3H3. The van der Waals surface area contributed by atoms with Crippen molar-refractivity contribution in [1.82, 2.24) is 10.3 Å². The van der Waals surface area contributed by atoms with Crippen molar-refractivity contribution in [3.8, 4) is 0 Å². The summed E-state index contributed by atoms with van der Waals surface area (Å²) in [5.41, 5.74) is 0. The lowest BCUT2D eigenvalue weighted by Crippen LogP contribution is -2.34. The summed E-state index contributed by atoms with van der Waals surface area (Å²) < 4.78 is 0. The minimum Gasteiger partial charge on any atom is -0.305 e. The zero-order valence-corrected chi connectivity index (χ0v) is 11.3. The number of hydrogen-bond acceptors (Lipinski definition) is 3. The molecule has 2 nitrogen and oxygen atoms in total. The van der Waals surface area contributed by atoms with Crippen molar-refractivity contribution in [2.75, 3.05) is 0 Å². The molecule has 0 amide bonds. The van der Waals surface area contributed by atoms with Crippen molar-refractivity contribution < 1.29 is 0 Å². The van der Waals surface area contributed by atoms with E-state index in [1.54, 1.807) is 11.3 Å². The summed E-state index contributed by atoms with van der Waals surface area (Å²) >= 11 is 1.75. The Labute approximate surface area is 102 Å². The lowest BCUT2D eigenvalue weighted by atomic mass is 9.93. The molecule has 1 fully saturated rings. The Morgan fingerprint density at radius 2 is 2.38 bits per heavy atom. The molecule has 0 spiro atoms. The minimum atomic E-state index is 0.406. The van der Waals surface area contributed by atoms with Crippen molar-refractivity contribution in [3.63, 3.8) is 0 Å². The molecule has 3 heteroatoms. The van der Waals surface area contributed by atoms with Crippen molar-refractivity contribution in [1.29, 1.82) is 0 Å². The number of nitrogens with zero attached hydrogens (tertiary/aromatic N) is 1. The molecule has 4 atom stereocenters. The second-order valence-corrected chi connectivity index (χ2v) is 5.90. The van der Waals surface area contributed by atoms with Gasteiger partial charge in [-0.25, -0.2) is 4.98 Å². The number of nitrogens with one attached hydrogen (secondary N) is 1. The van der Waals surface area contributed by atoms with E-state index >= 15 is 0 Å². The molecular formula is C13H22N2S. The van der Waals surface area contributed by atoms with E-state index in [9.17, 15) is 0 Å². The van der Waals surface area contributed by atoms with E-state index in [-0.39, 0.29) is 0 Å². The highest BCUT2D eigenvalue weighted by molar-refractivity contribution is 7.09. The molecule has 0 saturated heterocycles. The Bertz CT molecular complexity index is 310. The van der Waals surface area contributed by atoms with E-state index in [1.165, 1.54) is 24.3 Å². The lowest BCUT2D eigenvalue weighted by molar-refractivity contribution is 0.327. The maximum atomic E-state index is 4.38. The van der Waals surface area contributed by atoms with Crippen LogP contribution in [0, 0.1) is 11.8 Å². The summed E-state index contributed by atoms with van der Waals surface area (Å²) in [6, 6.07) is 1.09. The summed E-state index contributed by atoms with van der Waals surface area (Å²) in [6.45, 7) is 6.94. The van der Waals surface area contributed by atoms with Gasteiger partial charge < -0.3 is 5.32 Å². The van der Waals surface area contributed by atoms with Crippen molar-refractivity contribution >= 4 is 11.3 Å². The first-order valence-electron chi connectivity index (χ1n) is 6.37. The van der Waals surface area contributed by atoms with Gasteiger partial charge in [0.1, 0.15) is 5.01 Å². The second-order valence-electron chi connectivity index (χ2n) is 4.97. The smallest absolute Gasteiger partial charge is 0.109 e. The van der Waals surface area contributed by atoms with Crippen LogP contribution in [0.2, 0.25) is 0 Å². The van der Waals surface area contributed by atoms with Crippen molar-refractivity contribution in [2.45, 2.75) is 52.1 Å². The Morgan fingerprint density at radius 1 is 1.56 bits per heavy atom. The third kappa shape index (κ3) is 2.46. The van der Waals surface area contributed by atoms with Gasteiger partial charge in [0, 0.05) is 17.6 Å². The van der Waals surface area contributed by atoms with E-state index in [0.29, 0.717) is 12.1 Å². The van der Waals surface area contributed by atoms with Gasteiger partial charge in [0.15, 0.2) is 0 Å². The largest absolute Gasteiger partial charge is 0.305 e. The molecule has 0 aromatic carbocycles. The van der Waals surface area contributed by atoms with Crippen LogP contribution in [0.15, 0.2) is 11.6 Å². The van der Waals surface area contributed by atoms with Crippen LogP contribution in [0.3, 0.4) is 0 Å². The molecule has 2 rings (SSSR count). The molecule has 1 N–H and O–H groups in total. The van der Waals surface area contributed by atoms with Gasteiger partial charge in [-0.2, -0.15) is 0 Å². The Morgan fingerprint density at radius 3 is 2.94 bits per heavy atom. The van der Waals surface area contributed by atoms with Gasteiger partial charge in [-0.05, 0) is 31.6 Å². The lowest BCUT2D eigenvalue weighted by Gasteiger charge is -2.24. The topological polar surface area (TPSA) is 24.9 Å². The average Bonchev–Trinajstić information content (AvgIpc) is 2.89. The van der Waals surface area contributed by atoms with E-state index in [4.69, 9.17) is 0 Å². The Balaban J connectivity index is 1.91. The average molecular weight is 238 g/mol. The summed E-state index contributed by atoms with van der Waals surface area (Å²) in [5.74, 6) is 1.73. The van der Waals surface area contributed by atoms with Gasteiger partial charge in [-0.3, -0.25) is 0 Å². The zero-order valence-electron chi connectivity index (χ0n) is 10.4. The number of hydrogen-bond donors (Lipinski definition) is 1. The molecule has 1 heterocycles. The Hall–Kier alpha value is -0.410. The SMILES string of the molecule is CCC1CCC(NC(C)c2nccs2)C1C. The highest BCUT2D eigenvalue weighted by Gasteiger charge is 2.32. The molecule has 0 aliphatic heterocycles. The summed E-state index contributed by atoms with van der Waals surface area (Å²) in [4.78, 5) is 4.38. The van der Waals surface area contributed by atoms with E-state index < -0.39 is 0 Å². The first-order chi connectivity index (χ1) is 7.72. The van der Waals surface area contributed by atoms with Crippen molar-refractivity contribution in [2.24, 2.45) is 11.8 Å². The third-order valence-electron chi connectivity index (χ3n) is 4.04. The van der Waals surface area contributed by atoms with Gasteiger partial charge >= 0.3 is 0 Å². The number of thiazole rings is 1. The highest BCUT2D eigenvalue weighted by atomic mass is 32.1. The first kappa shape index (κ1) is 12.1. The highest BCUT2D eigenvalue weighted by Crippen LogP contribution is 2.35. The fourth-order valence-electron chi connectivity index (χ4n) is 2.90. The van der Waals surface area contributed by atoms with E-state index in [2.05, 4.69) is 36.5 Å². The molecule has 16 heavy (non-hydrogen) atoms. The quantitative estimate of drug-likeness (QED) is 0.866. The summed E-state index contributed by atoms with van der Waals surface area (Å²) in [6.07, 6.45) is 5.94. The fourth-order valence-corrected chi connectivity index (χ4v) is 3.55. The maximum absolute atomic E-state index is 4.38. The first-order valence-corrected chi connectivity index (χ1v) is 7.25. The number of rotatable bonds is 4. The molecule has 1 aliphatic carbocycles. The van der Waals surface area contributed by atoms with Crippen LogP contribution < -0.4 is 5.32 Å². The molecule has 1 aromatic rings. The Kier molecular flexibility index (Phi) is 3.98. The molecular weight excluding hydrogens is 216 g/mol. The van der Waals surface area contributed by atoms with Crippen LogP contribution in [0.25, 0.3) is 0 Å². The zero-order chi connectivity index (χ0) is 11.5. The maximum Gasteiger partial charge on any atom is 0.109 e.